The number of nitriles is 1. The third-order valence-electron chi connectivity index (χ3n) is 5.59. The second kappa shape index (κ2) is 8.90. The Hall–Kier alpha value is -4.32. The summed E-state index contributed by atoms with van der Waals surface area (Å²) in [5.41, 5.74) is 4.01. The molecule has 9 nitrogen and oxygen atoms in total. The van der Waals surface area contributed by atoms with Crippen LogP contribution in [0, 0.1) is 11.3 Å². The predicted molar refractivity (Wildman–Crippen MR) is 126 cm³/mol. The average Bonchev–Trinajstić information content (AvgIpc) is 3.41. The molecule has 1 saturated carbocycles. The minimum atomic E-state index is -0.495. The van der Waals surface area contributed by atoms with E-state index in [9.17, 15) is 10.1 Å². The van der Waals surface area contributed by atoms with Crippen LogP contribution in [0.5, 0.6) is 5.75 Å². The highest BCUT2D eigenvalue weighted by Gasteiger charge is 2.30. The third-order valence-corrected chi connectivity index (χ3v) is 5.59. The van der Waals surface area contributed by atoms with Gasteiger partial charge in [0.25, 0.3) is 0 Å². The van der Waals surface area contributed by atoms with E-state index in [1.54, 1.807) is 13.8 Å². The highest BCUT2D eigenvalue weighted by molar-refractivity contribution is 5.96. The van der Waals surface area contributed by atoms with Gasteiger partial charge < -0.3 is 14.0 Å². The molecule has 2 aromatic heterocycles. The van der Waals surface area contributed by atoms with Crippen molar-refractivity contribution in [2.45, 2.75) is 45.4 Å². The monoisotopic (exact) mass is 456 g/mol. The summed E-state index contributed by atoms with van der Waals surface area (Å²) < 4.78 is 13.3. The number of nitrogens with zero attached hydrogens (tertiary/aromatic N) is 4. The minimum absolute atomic E-state index is 0.198. The highest BCUT2D eigenvalue weighted by Crippen LogP contribution is 2.45. The van der Waals surface area contributed by atoms with E-state index in [2.05, 4.69) is 31.1 Å². The fourth-order valence-corrected chi connectivity index (χ4v) is 4.01. The Morgan fingerprint density at radius 1 is 1.26 bits per heavy atom. The van der Waals surface area contributed by atoms with Crippen LogP contribution in [0.15, 0.2) is 48.8 Å². The van der Waals surface area contributed by atoms with E-state index in [-0.39, 0.29) is 12.7 Å². The van der Waals surface area contributed by atoms with Gasteiger partial charge in [0.05, 0.1) is 22.9 Å². The Kier molecular flexibility index (Phi) is 5.64. The Bertz CT molecular complexity index is 1360. The first-order valence-corrected chi connectivity index (χ1v) is 11.2. The van der Waals surface area contributed by atoms with Gasteiger partial charge in [-0.15, -0.1) is 0 Å². The molecule has 172 valence electrons. The Balaban J connectivity index is 1.49. The molecule has 0 spiro atoms. The van der Waals surface area contributed by atoms with E-state index < -0.39 is 6.09 Å². The lowest BCUT2D eigenvalue weighted by atomic mass is 10.1. The van der Waals surface area contributed by atoms with Crippen molar-refractivity contribution in [1.29, 1.82) is 5.26 Å². The number of hydrogen-bond donors (Lipinski definition) is 2. The Morgan fingerprint density at radius 2 is 2.06 bits per heavy atom. The van der Waals surface area contributed by atoms with Crippen LogP contribution in [0.25, 0.3) is 22.2 Å². The summed E-state index contributed by atoms with van der Waals surface area (Å²) in [5, 5.41) is 20.3. The SMILES string of the molecule is CC(C)OC(=O)Nc1ccc(-c2c(C#N)c3ccc(OCc4ncn[nH]4)cc3n2C2CC2)cc1. The van der Waals surface area contributed by atoms with Gasteiger partial charge in [0.15, 0.2) is 5.82 Å². The van der Waals surface area contributed by atoms with Crippen LogP contribution in [0.4, 0.5) is 10.5 Å². The lowest BCUT2D eigenvalue weighted by molar-refractivity contribution is 0.130. The number of rotatable bonds is 7. The van der Waals surface area contributed by atoms with Crippen LogP contribution in [0.1, 0.15) is 44.1 Å². The molecule has 5 rings (SSSR count). The molecule has 0 aliphatic heterocycles. The quantitative estimate of drug-likeness (QED) is 0.396. The van der Waals surface area contributed by atoms with Crippen molar-refractivity contribution >= 4 is 22.7 Å². The number of H-pyrrole nitrogens is 1. The molecule has 0 atom stereocenters. The molecule has 1 aliphatic carbocycles. The Labute approximate surface area is 196 Å². The maximum Gasteiger partial charge on any atom is 0.411 e. The highest BCUT2D eigenvalue weighted by atomic mass is 16.6. The van der Waals surface area contributed by atoms with Crippen LogP contribution >= 0.6 is 0 Å². The van der Waals surface area contributed by atoms with E-state index in [0.717, 1.165) is 35.0 Å². The number of fused-ring (bicyclic) bond motifs is 1. The molecule has 2 aromatic carbocycles. The van der Waals surface area contributed by atoms with Crippen molar-refractivity contribution in [3.05, 3.63) is 60.2 Å². The summed E-state index contributed by atoms with van der Waals surface area (Å²) in [7, 11) is 0. The first-order chi connectivity index (χ1) is 16.5. The van der Waals surface area contributed by atoms with Crippen molar-refractivity contribution < 1.29 is 14.3 Å². The molecule has 1 amide bonds. The van der Waals surface area contributed by atoms with Crippen LogP contribution in [0.3, 0.4) is 0 Å². The van der Waals surface area contributed by atoms with Crippen molar-refractivity contribution in [2.24, 2.45) is 0 Å². The molecule has 9 heteroatoms. The van der Waals surface area contributed by atoms with E-state index >= 15 is 0 Å². The molecule has 34 heavy (non-hydrogen) atoms. The molecule has 1 fully saturated rings. The number of ether oxygens (including phenoxy) is 2. The van der Waals surface area contributed by atoms with Crippen molar-refractivity contribution in [1.82, 2.24) is 19.7 Å². The summed E-state index contributed by atoms with van der Waals surface area (Å²) in [6.45, 7) is 3.88. The van der Waals surface area contributed by atoms with Crippen LogP contribution < -0.4 is 10.1 Å². The van der Waals surface area contributed by atoms with Gasteiger partial charge in [0.2, 0.25) is 0 Å². The van der Waals surface area contributed by atoms with E-state index in [1.807, 2.05) is 42.5 Å². The molecule has 1 aliphatic rings. The zero-order valence-electron chi connectivity index (χ0n) is 18.9. The first-order valence-electron chi connectivity index (χ1n) is 11.2. The van der Waals surface area contributed by atoms with Crippen molar-refractivity contribution in [3.63, 3.8) is 0 Å². The van der Waals surface area contributed by atoms with Gasteiger partial charge in [-0.1, -0.05) is 12.1 Å². The number of aromatic nitrogens is 4. The maximum atomic E-state index is 11.9. The molecule has 2 heterocycles. The number of carbonyl (C=O) groups is 1. The second-order valence-electron chi connectivity index (χ2n) is 8.49. The van der Waals surface area contributed by atoms with Gasteiger partial charge in [-0.05, 0) is 56.5 Å². The molecule has 0 radical (unpaired) electrons. The summed E-state index contributed by atoms with van der Waals surface area (Å²) in [4.78, 5) is 16.0. The topological polar surface area (TPSA) is 118 Å². The number of carbonyl (C=O) groups excluding carboxylic acids is 1. The summed E-state index contributed by atoms with van der Waals surface area (Å²) in [6.07, 6.45) is 2.87. The van der Waals surface area contributed by atoms with Gasteiger partial charge >= 0.3 is 6.09 Å². The Morgan fingerprint density at radius 3 is 2.71 bits per heavy atom. The van der Waals surface area contributed by atoms with Gasteiger partial charge in [-0.3, -0.25) is 10.4 Å². The fourth-order valence-electron chi connectivity index (χ4n) is 4.01. The number of nitrogens with one attached hydrogen (secondary N) is 2. The van der Waals surface area contributed by atoms with E-state index in [4.69, 9.17) is 9.47 Å². The normalized spacial score (nSPS) is 13.1. The van der Waals surface area contributed by atoms with E-state index in [0.29, 0.717) is 28.9 Å². The smallest absolute Gasteiger partial charge is 0.411 e. The molecular weight excluding hydrogens is 432 g/mol. The third kappa shape index (κ3) is 4.30. The van der Waals surface area contributed by atoms with Crippen LogP contribution in [-0.4, -0.2) is 31.9 Å². The van der Waals surface area contributed by atoms with Gasteiger partial charge in [-0.25, -0.2) is 9.78 Å². The molecule has 0 unspecified atom stereocenters. The standard InChI is InChI=1S/C25H24N6O3/c1-15(2)34-25(32)29-17-5-3-16(4-6-17)24-21(12-26)20-10-9-19(33-13-23-27-14-28-30-23)11-22(20)31(24)18-7-8-18/h3-6,9-11,14-15,18H,7-8,13H2,1-2H3,(H,29,32)(H,27,28,30). The van der Waals surface area contributed by atoms with Crippen LogP contribution in [0.2, 0.25) is 0 Å². The molecule has 4 aromatic rings. The van der Waals surface area contributed by atoms with Gasteiger partial charge in [-0.2, -0.15) is 10.4 Å². The summed E-state index contributed by atoms with van der Waals surface area (Å²) in [5.74, 6) is 1.34. The summed E-state index contributed by atoms with van der Waals surface area (Å²) >= 11 is 0. The molecule has 0 saturated heterocycles. The predicted octanol–water partition coefficient (Wildman–Crippen LogP) is 5.17. The fraction of sp³-hybridized carbons (Fsp3) is 0.280. The minimum Gasteiger partial charge on any atom is -0.486 e. The summed E-state index contributed by atoms with van der Waals surface area (Å²) in [6, 6.07) is 16.0. The molecule has 0 bridgehead atoms. The second-order valence-corrected chi connectivity index (χ2v) is 8.49. The van der Waals surface area contributed by atoms with Crippen molar-refractivity contribution in [2.75, 3.05) is 5.32 Å². The molecule has 2 N–H and O–H groups in total. The number of benzene rings is 2. The lowest BCUT2D eigenvalue weighted by Crippen LogP contribution is -2.17. The van der Waals surface area contributed by atoms with Gasteiger partial charge in [0, 0.05) is 23.2 Å². The van der Waals surface area contributed by atoms with Crippen molar-refractivity contribution in [3.8, 4) is 23.1 Å². The average molecular weight is 457 g/mol. The lowest BCUT2D eigenvalue weighted by Gasteiger charge is -2.12. The van der Waals surface area contributed by atoms with E-state index in [1.165, 1.54) is 6.33 Å². The zero-order chi connectivity index (χ0) is 23.7. The first kappa shape index (κ1) is 21.5. The maximum absolute atomic E-state index is 11.9. The number of anilines is 1. The number of amides is 1. The largest absolute Gasteiger partial charge is 0.486 e. The molecular formula is C25H24N6O3. The number of hydrogen-bond acceptors (Lipinski definition) is 6. The number of aromatic amines is 1. The van der Waals surface area contributed by atoms with Crippen LogP contribution in [-0.2, 0) is 11.3 Å². The zero-order valence-corrected chi connectivity index (χ0v) is 18.9. The van der Waals surface area contributed by atoms with Gasteiger partial charge in [0.1, 0.15) is 24.8 Å².